The molecule has 2 nitrogen and oxygen atoms in total. The summed E-state index contributed by atoms with van der Waals surface area (Å²) in [5.74, 6) is 0. The summed E-state index contributed by atoms with van der Waals surface area (Å²) in [6, 6.07) is 18.8. The molecular weight excluding hydrogens is 256 g/mol. The zero-order valence-electron chi connectivity index (χ0n) is 12.5. The Morgan fingerprint density at radius 1 is 1.00 bits per heavy atom. The molecule has 0 aliphatic heterocycles. The van der Waals surface area contributed by atoms with Crippen LogP contribution in [0.2, 0.25) is 0 Å². The van der Waals surface area contributed by atoms with Gasteiger partial charge in [0, 0.05) is 11.6 Å². The Labute approximate surface area is 125 Å². The van der Waals surface area contributed by atoms with E-state index >= 15 is 0 Å². The van der Waals surface area contributed by atoms with Crippen LogP contribution in [0.5, 0.6) is 0 Å². The molecule has 1 unspecified atom stereocenters. The molecule has 0 amide bonds. The second-order valence-electron chi connectivity index (χ2n) is 5.66. The van der Waals surface area contributed by atoms with Crippen molar-refractivity contribution in [3.05, 3.63) is 77.5 Å². The van der Waals surface area contributed by atoms with Gasteiger partial charge in [0.25, 0.3) is 0 Å². The van der Waals surface area contributed by atoms with Crippen LogP contribution < -0.4 is 5.73 Å². The molecule has 2 aromatic carbocycles. The second-order valence-corrected chi connectivity index (χ2v) is 5.66. The highest BCUT2D eigenvalue weighted by Gasteiger charge is 2.23. The van der Waals surface area contributed by atoms with E-state index in [9.17, 15) is 0 Å². The third-order valence-electron chi connectivity index (χ3n) is 4.16. The molecule has 3 rings (SSSR count). The van der Waals surface area contributed by atoms with E-state index in [1.54, 1.807) is 0 Å². The summed E-state index contributed by atoms with van der Waals surface area (Å²) < 4.78 is 0. The third kappa shape index (κ3) is 2.55. The number of hydrogen-bond acceptors (Lipinski definition) is 2. The minimum absolute atomic E-state index is 0.504. The Hall–Kier alpha value is -2.19. The maximum absolute atomic E-state index is 6.62. The summed E-state index contributed by atoms with van der Waals surface area (Å²) in [6.45, 7) is 4.22. The number of fused-ring (bicyclic) bond motifs is 1. The Morgan fingerprint density at radius 2 is 1.71 bits per heavy atom. The molecule has 0 aliphatic rings. The van der Waals surface area contributed by atoms with Gasteiger partial charge < -0.3 is 5.73 Å². The highest BCUT2D eigenvalue weighted by atomic mass is 14.7. The summed E-state index contributed by atoms with van der Waals surface area (Å²) in [7, 11) is 0. The number of pyridine rings is 1. The molecule has 1 heterocycles. The van der Waals surface area contributed by atoms with Crippen molar-refractivity contribution in [3.8, 4) is 0 Å². The van der Waals surface area contributed by atoms with Crippen molar-refractivity contribution in [2.75, 3.05) is 0 Å². The van der Waals surface area contributed by atoms with Crippen molar-refractivity contribution in [1.82, 2.24) is 4.98 Å². The maximum atomic E-state index is 6.62. The smallest absolute Gasteiger partial charge is 0.0702 e. The van der Waals surface area contributed by atoms with E-state index in [1.807, 2.05) is 18.3 Å². The number of nitrogens with two attached hydrogens (primary N) is 1. The number of aromatic nitrogens is 1. The molecule has 0 saturated heterocycles. The SMILES string of the molecule is CCc1ccc(C(C)(N)c2ccc3ncccc3c2)cc1. The fourth-order valence-corrected chi connectivity index (χ4v) is 2.65. The number of nitrogens with zero attached hydrogens (tertiary/aromatic N) is 1. The van der Waals surface area contributed by atoms with E-state index in [-0.39, 0.29) is 0 Å². The van der Waals surface area contributed by atoms with Gasteiger partial charge in [-0.1, -0.05) is 43.3 Å². The summed E-state index contributed by atoms with van der Waals surface area (Å²) in [5.41, 5.74) is 10.7. The lowest BCUT2D eigenvalue weighted by Gasteiger charge is -2.26. The molecule has 0 saturated carbocycles. The first-order valence-electron chi connectivity index (χ1n) is 7.35. The lowest BCUT2D eigenvalue weighted by atomic mass is 9.84. The largest absolute Gasteiger partial charge is 0.318 e. The molecular formula is C19H20N2. The van der Waals surface area contributed by atoms with E-state index in [4.69, 9.17) is 5.73 Å². The van der Waals surface area contributed by atoms with Crippen LogP contribution in [0.4, 0.5) is 0 Å². The van der Waals surface area contributed by atoms with Crippen molar-refractivity contribution >= 4 is 10.9 Å². The third-order valence-corrected chi connectivity index (χ3v) is 4.16. The summed E-state index contributed by atoms with van der Waals surface area (Å²) in [6.07, 6.45) is 2.86. The molecule has 0 radical (unpaired) electrons. The molecule has 0 fully saturated rings. The Bertz CT molecular complexity index is 758. The molecule has 3 aromatic rings. The van der Waals surface area contributed by atoms with Crippen molar-refractivity contribution in [2.24, 2.45) is 5.73 Å². The molecule has 21 heavy (non-hydrogen) atoms. The van der Waals surface area contributed by atoms with Crippen LogP contribution in [0, 0.1) is 0 Å². The van der Waals surface area contributed by atoms with Crippen molar-refractivity contribution in [1.29, 1.82) is 0 Å². The molecule has 1 atom stereocenters. The summed E-state index contributed by atoms with van der Waals surface area (Å²) in [5, 5.41) is 1.12. The van der Waals surface area contributed by atoms with Crippen LogP contribution in [0.25, 0.3) is 10.9 Å². The first kappa shape index (κ1) is 13.8. The van der Waals surface area contributed by atoms with Crippen LogP contribution in [-0.4, -0.2) is 4.98 Å². The van der Waals surface area contributed by atoms with E-state index in [0.717, 1.165) is 28.5 Å². The van der Waals surface area contributed by atoms with Gasteiger partial charge in [0.1, 0.15) is 0 Å². The standard InChI is InChI=1S/C19H20N2/c1-3-14-6-8-16(9-7-14)19(2,20)17-10-11-18-15(13-17)5-4-12-21-18/h4-13H,3,20H2,1-2H3. The van der Waals surface area contributed by atoms with Gasteiger partial charge in [-0.25, -0.2) is 0 Å². The normalized spacial score (nSPS) is 14.0. The van der Waals surface area contributed by atoms with Crippen LogP contribution in [0.1, 0.15) is 30.5 Å². The summed E-state index contributed by atoms with van der Waals surface area (Å²) in [4.78, 5) is 4.36. The van der Waals surface area contributed by atoms with Gasteiger partial charge in [0.2, 0.25) is 0 Å². The van der Waals surface area contributed by atoms with Gasteiger partial charge in [-0.05, 0) is 48.2 Å². The quantitative estimate of drug-likeness (QED) is 0.784. The van der Waals surface area contributed by atoms with E-state index < -0.39 is 5.54 Å². The maximum Gasteiger partial charge on any atom is 0.0702 e. The fraction of sp³-hybridized carbons (Fsp3) is 0.211. The highest BCUT2D eigenvalue weighted by Crippen LogP contribution is 2.28. The average Bonchev–Trinajstić information content (AvgIpc) is 2.54. The van der Waals surface area contributed by atoms with E-state index in [2.05, 4.69) is 61.3 Å². The van der Waals surface area contributed by atoms with Crippen molar-refractivity contribution in [2.45, 2.75) is 25.8 Å². The highest BCUT2D eigenvalue weighted by molar-refractivity contribution is 5.79. The average molecular weight is 276 g/mol. The lowest BCUT2D eigenvalue weighted by Crippen LogP contribution is -2.34. The number of hydrogen-bond donors (Lipinski definition) is 1. The number of aryl methyl sites for hydroxylation is 1. The van der Waals surface area contributed by atoms with Gasteiger partial charge in [-0.3, -0.25) is 4.98 Å². The van der Waals surface area contributed by atoms with E-state index in [0.29, 0.717) is 0 Å². The lowest BCUT2D eigenvalue weighted by molar-refractivity contribution is 0.603. The first-order chi connectivity index (χ1) is 10.1. The molecule has 0 aliphatic carbocycles. The predicted molar refractivity (Wildman–Crippen MR) is 88.2 cm³/mol. The topological polar surface area (TPSA) is 38.9 Å². The van der Waals surface area contributed by atoms with Gasteiger partial charge in [0.15, 0.2) is 0 Å². The Balaban J connectivity index is 2.05. The predicted octanol–water partition coefficient (Wildman–Crippen LogP) is 4.02. The van der Waals surface area contributed by atoms with Gasteiger partial charge in [0.05, 0.1) is 11.1 Å². The van der Waals surface area contributed by atoms with Gasteiger partial charge in [-0.15, -0.1) is 0 Å². The van der Waals surface area contributed by atoms with Crippen LogP contribution in [-0.2, 0) is 12.0 Å². The van der Waals surface area contributed by atoms with Crippen molar-refractivity contribution in [3.63, 3.8) is 0 Å². The summed E-state index contributed by atoms with van der Waals surface area (Å²) >= 11 is 0. The molecule has 2 heteroatoms. The monoisotopic (exact) mass is 276 g/mol. The molecule has 2 N–H and O–H groups in total. The van der Waals surface area contributed by atoms with Gasteiger partial charge >= 0.3 is 0 Å². The van der Waals surface area contributed by atoms with Crippen LogP contribution in [0.3, 0.4) is 0 Å². The van der Waals surface area contributed by atoms with Gasteiger partial charge in [-0.2, -0.15) is 0 Å². The number of benzene rings is 2. The Morgan fingerprint density at radius 3 is 2.43 bits per heavy atom. The molecule has 0 spiro atoms. The fourth-order valence-electron chi connectivity index (χ4n) is 2.65. The van der Waals surface area contributed by atoms with Crippen molar-refractivity contribution < 1.29 is 0 Å². The second kappa shape index (κ2) is 5.30. The molecule has 0 bridgehead atoms. The Kier molecular flexibility index (Phi) is 3.48. The zero-order valence-corrected chi connectivity index (χ0v) is 12.5. The number of rotatable bonds is 3. The van der Waals surface area contributed by atoms with Crippen LogP contribution >= 0.6 is 0 Å². The first-order valence-corrected chi connectivity index (χ1v) is 7.35. The minimum Gasteiger partial charge on any atom is -0.318 e. The minimum atomic E-state index is -0.504. The van der Waals surface area contributed by atoms with Crippen LogP contribution in [0.15, 0.2) is 60.8 Å². The molecule has 106 valence electrons. The van der Waals surface area contributed by atoms with E-state index in [1.165, 1.54) is 5.56 Å². The zero-order chi connectivity index (χ0) is 14.9. The molecule has 1 aromatic heterocycles.